The molecular weight excluding hydrogens is 436 g/mol. The standard InChI is InChI=1S/C27H14O7/c28-25-14-19(20-11-15-5-1-4-8-22(15)34-26(20)29)18-10-9-17(13-23(18)33-25)31-27(30)24-12-16-6-2-3-7-21(16)32-24/h1-14H. The zero-order chi connectivity index (χ0) is 23.2. The third-order valence-electron chi connectivity index (χ3n) is 5.48. The molecule has 0 amide bonds. The van der Waals surface area contributed by atoms with Gasteiger partial charge in [-0.1, -0.05) is 36.4 Å². The van der Waals surface area contributed by atoms with Gasteiger partial charge in [-0.25, -0.2) is 14.4 Å². The van der Waals surface area contributed by atoms with E-state index in [4.69, 9.17) is 18.0 Å². The van der Waals surface area contributed by atoms with Crippen molar-refractivity contribution in [3.05, 3.63) is 112 Å². The third kappa shape index (κ3) is 3.36. The van der Waals surface area contributed by atoms with E-state index < -0.39 is 17.2 Å². The Morgan fingerprint density at radius 3 is 2.12 bits per heavy atom. The van der Waals surface area contributed by atoms with Crippen molar-refractivity contribution in [1.82, 2.24) is 0 Å². The molecule has 0 saturated heterocycles. The molecule has 34 heavy (non-hydrogen) atoms. The lowest BCUT2D eigenvalue weighted by Gasteiger charge is -2.08. The summed E-state index contributed by atoms with van der Waals surface area (Å²) in [5, 5.41) is 1.98. The van der Waals surface area contributed by atoms with Gasteiger partial charge in [-0.15, -0.1) is 0 Å². The van der Waals surface area contributed by atoms with Crippen LogP contribution in [0.3, 0.4) is 0 Å². The molecule has 0 aliphatic heterocycles. The first-order valence-corrected chi connectivity index (χ1v) is 10.4. The number of fused-ring (bicyclic) bond motifs is 3. The van der Waals surface area contributed by atoms with Crippen LogP contribution in [-0.2, 0) is 0 Å². The van der Waals surface area contributed by atoms with Crippen LogP contribution in [0.5, 0.6) is 5.75 Å². The van der Waals surface area contributed by atoms with Crippen molar-refractivity contribution in [2.75, 3.05) is 0 Å². The molecule has 6 rings (SSSR count). The maximum Gasteiger partial charge on any atom is 0.379 e. The van der Waals surface area contributed by atoms with Gasteiger partial charge in [0.1, 0.15) is 22.5 Å². The topological polar surface area (TPSA) is 99.9 Å². The van der Waals surface area contributed by atoms with Gasteiger partial charge >= 0.3 is 17.2 Å². The van der Waals surface area contributed by atoms with Gasteiger partial charge in [0.2, 0.25) is 5.76 Å². The quantitative estimate of drug-likeness (QED) is 0.198. The summed E-state index contributed by atoms with van der Waals surface area (Å²) in [6, 6.07) is 23.4. The number of ether oxygens (including phenoxy) is 1. The van der Waals surface area contributed by atoms with Crippen LogP contribution in [-0.4, -0.2) is 5.97 Å². The number of para-hydroxylation sites is 2. The second-order valence-corrected chi connectivity index (χ2v) is 7.66. The molecule has 0 atom stereocenters. The normalized spacial score (nSPS) is 11.3. The highest BCUT2D eigenvalue weighted by Crippen LogP contribution is 2.30. The van der Waals surface area contributed by atoms with Gasteiger partial charge in [0.15, 0.2) is 0 Å². The van der Waals surface area contributed by atoms with Crippen molar-refractivity contribution < 1.29 is 22.8 Å². The summed E-state index contributed by atoms with van der Waals surface area (Å²) in [6.45, 7) is 0. The minimum atomic E-state index is -0.691. The molecule has 0 saturated carbocycles. The average Bonchev–Trinajstić information content (AvgIpc) is 3.27. The number of benzene rings is 3. The van der Waals surface area contributed by atoms with Crippen LogP contribution in [0.15, 0.2) is 108 Å². The predicted molar refractivity (Wildman–Crippen MR) is 125 cm³/mol. The van der Waals surface area contributed by atoms with Gasteiger partial charge < -0.3 is 18.0 Å². The largest absolute Gasteiger partial charge is 0.449 e. The second-order valence-electron chi connectivity index (χ2n) is 7.66. The van der Waals surface area contributed by atoms with Crippen LogP contribution in [0.2, 0.25) is 0 Å². The molecule has 3 aromatic carbocycles. The first kappa shape index (κ1) is 19.8. The molecule has 0 aliphatic carbocycles. The zero-order valence-electron chi connectivity index (χ0n) is 17.4. The SMILES string of the molecule is O=C(Oc1ccc2c(-c3cc4ccccc4oc3=O)cc(=O)oc2c1)c1cc2ccccc2o1. The van der Waals surface area contributed by atoms with E-state index >= 15 is 0 Å². The van der Waals surface area contributed by atoms with E-state index in [1.165, 1.54) is 12.1 Å². The fourth-order valence-electron chi connectivity index (χ4n) is 3.92. The molecular formula is C27H14O7. The number of hydrogen-bond acceptors (Lipinski definition) is 7. The van der Waals surface area contributed by atoms with Crippen molar-refractivity contribution >= 4 is 38.9 Å². The van der Waals surface area contributed by atoms with Gasteiger partial charge in [-0.2, -0.15) is 0 Å². The predicted octanol–water partition coefficient (Wildman–Crippen LogP) is 5.53. The molecule has 7 heteroatoms. The summed E-state index contributed by atoms with van der Waals surface area (Å²) in [4.78, 5) is 37.5. The Labute approximate surface area is 190 Å². The van der Waals surface area contributed by atoms with Crippen LogP contribution in [0.4, 0.5) is 0 Å². The van der Waals surface area contributed by atoms with Gasteiger partial charge in [0.05, 0.1) is 5.56 Å². The highest BCUT2D eigenvalue weighted by molar-refractivity contribution is 5.97. The van der Waals surface area contributed by atoms with Gasteiger partial charge in [-0.05, 0) is 36.4 Å². The molecule has 0 N–H and O–H groups in total. The maximum atomic E-state index is 12.7. The summed E-state index contributed by atoms with van der Waals surface area (Å²) < 4.78 is 21.7. The fraction of sp³-hybridized carbons (Fsp3) is 0. The zero-order valence-corrected chi connectivity index (χ0v) is 17.4. The Bertz CT molecular complexity index is 1820. The monoisotopic (exact) mass is 450 g/mol. The van der Waals surface area contributed by atoms with Crippen LogP contribution < -0.4 is 16.0 Å². The van der Waals surface area contributed by atoms with E-state index in [0.29, 0.717) is 22.1 Å². The molecule has 0 fully saturated rings. The summed E-state index contributed by atoms with van der Waals surface area (Å²) in [6.07, 6.45) is 0. The van der Waals surface area contributed by atoms with E-state index in [1.807, 2.05) is 24.3 Å². The maximum absolute atomic E-state index is 12.7. The van der Waals surface area contributed by atoms with E-state index in [9.17, 15) is 14.4 Å². The summed E-state index contributed by atoms with van der Waals surface area (Å²) in [7, 11) is 0. The molecule has 3 heterocycles. The van der Waals surface area contributed by atoms with E-state index in [-0.39, 0.29) is 22.7 Å². The number of carbonyl (C=O) groups is 1. The van der Waals surface area contributed by atoms with E-state index in [1.54, 1.807) is 48.5 Å². The van der Waals surface area contributed by atoms with E-state index in [2.05, 4.69) is 0 Å². The van der Waals surface area contributed by atoms with Crippen LogP contribution in [0, 0.1) is 0 Å². The highest BCUT2D eigenvalue weighted by atomic mass is 16.5. The fourth-order valence-corrected chi connectivity index (χ4v) is 3.92. The Morgan fingerprint density at radius 1 is 0.647 bits per heavy atom. The lowest BCUT2D eigenvalue weighted by Crippen LogP contribution is -2.08. The Morgan fingerprint density at radius 2 is 1.35 bits per heavy atom. The molecule has 0 bridgehead atoms. The van der Waals surface area contributed by atoms with Gasteiger partial charge in [0, 0.05) is 33.9 Å². The highest BCUT2D eigenvalue weighted by Gasteiger charge is 2.17. The molecule has 3 aromatic heterocycles. The molecule has 0 spiro atoms. The molecule has 164 valence electrons. The molecule has 0 radical (unpaired) electrons. The van der Waals surface area contributed by atoms with Crippen molar-refractivity contribution in [3.8, 4) is 16.9 Å². The number of hydrogen-bond donors (Lipinski definition) is 0. The third-order valence-corrected chi connectivity index (χ3v) is 5.48. The molecule has 0 unspecified atom stereocenters. The van der Waals surface area contributed by atoms with E-state index in [0.717, 1.165) is 10.8 Å². The van der Waals surface area contributed by atoms with Crippen LogP contribution in [0.1, 0.15) is 10.6 Å². The summed E-state index contributed by atoms with van der Waals surface area (Å²) in [5.41, 5.74) is 0.525. The lowest BCUT2D eigenvalue weighted by atomic mass is 10.0. The number of rotatable bonds is 3. The minimum Gasteiger partial charge on any atom is -0.449 e. The number of esters is 1. The summed E-state index contributed by atoms with van der Waals surface area (Å²) in [5.74, 6) is -0.488. The molecule has 0 aliphatic rings. The Kier molecular flexibility index (Phi) is 4.41. The average molecular weight is 450 g/mol. The Hall–Kier alpha value is -4.91. The summed E-state index contributed by atoms with van der Waals surface area (Å²) >= 11 is 0. The number of carbonyl (C=O) groups excluding carboxylic acids is 1. The van der Waals surface area contributed by atoms with Crippen LogP contribution in [0.25, 0.3) is 44.0 Å². The van der Waals surface area contributed by atoms with Crippen molar-refractivity contribution in [2.45, 2.75) is 0 Å². The number of furan rings is 1. The van der Waals surface area contributed by atoms with Crippen molar-refractivity contribution in [3.63, 3.8) is 0 Å². The smallest absolute Gasteiger partial charge is 0.379 e. The van der Waals surface area contributed by atoms with Crippen LogP contribution >= 0.6 is 0 Å². The second kappa shape index (κ2) is 7.60. The first-order valence-electron chi connectivity index (χ1n) is 10.4. The lowest BCUT2D eigenvalue weighted by molar-refractivity contribution is 0.0704. The van der Waals surface area contributed by atoms with Crippen molar-refractivity contribution in [2.24, 2.45) is 0 Å². The first-order chi connectivity index (χ1) is 16.5. The molecule has 6 aromatic rings. The van der Waals surface area contributed by atoms with Gasteiger partial charge in [0.25, 0.3) is 0 Å². The van der Waals surface area contributed by atoms with Gasteiger partial charge in [-0.3, -0.25) is 0 Å². The Balaban J connectivity index is 1.41. The van der Waals surface area contributed by atoms with Crippen molar-refractivity contribution in [1.29, 1.82) is 0 Å². The molecule has 7 nitrogen and oxygen atoms in total. The minimum absolute atomic E-state index is 0.0465.